The van der Waals surface area contributed by atoms with Crippen molar-refractivity contribution in [3.63, 3.8) is 0 Å². The summed E-state index contributed by atoms with van der Waals surface area (Å²) in [6, 6.07) is 0. The van der Waals surface area contributed by atoms with Crippen LogP contribution in [0.25, 0.3) is 0 Å². The number of aliphatic hydroxyl groups is 8. The van der Waals surface area contributed by atoms with Gasteiger partial charge in [0.25, 0.3) is 0 Å². The van der Waals surface area contributed by atoms with Gasteiger partial charge in [0.15, 0.2) is 12.6 Å². The minimum absolute atomic E-state index is 0. The van der Waals surface area contributed by atoms with Crippen molar-refractivity contribution in [1.82, 2.24) is 0 Å². The van der Waals surface area contributed by atoms with Gasteiger partial charge in [0, 0.05) is 0 Å². The highest BCUT2D eigenvalue weighted by Gasteiger charge is 2.50. The fourth-order valence-electron chi connectivity index (χ4n) is 2.57. The van der Waals surface area contributed by atoms with Crippen molar-refractivity contribution in [2.24, 2.45) is 5.73 Å². The number of aliphatic carboxylic acids is 1. The number of hydrogen-bond acceptors (Lipinski definition) is 13. The molecule has 13 N–H and O–H groups in total. The van der Waals surface area contributed by atoms with Gasteiger partial charge < -0.3 is 71.4 Å². The van der Waals surface area contributed by atoms with Crippen molar-refractivity contribution < 1.29 is 70.4 Å². The minimum atomic E-state index is -1.74. The predicted molar refractivity (Wildman–Crippen MR) is 88.9 cm³/mol. The molecule has 174 valence electrons. The number of ether oxygens (including phenoxy) is 3. The van der Waals surface area contributed by atoms with E-state index >= 15 is 0 Å². The van der Waals surface area contributed by atoms with Gasteiger partial charge in [0.05, 0.1) is 19.8 Å². The lowest BCUT2D eigenvalue weighted by Gasteiger charge is -2.45. The molecule has 0 spiro atoms. The SMILES string of the molecule is NCC(=O)O.O.OC[C@H]1O[C@@H](O[C@H]2[C@H](O)[C@@H](O)[C@H](O)O[C@@H]2CO)[C@H](O)[C@@H](O)[C@H]1O. The van der Waals surface area contributed by atoms with Crippen molar-refractivity contribution in [2.45, 2.75) is 61.4 Å². The molecule has 2 rings (SSSR count). The molecule has 15 nitrogen and oxygen atoms in total. The van der Waals surface area contributed by atoms with Gasteiger partial charge in [-0.3, -0.25) is 4.79 Å². The van der Waals surface area contributed by atoms with Crippen LogP contribution in [0.4, 0.5) is 0 Å². The lowest BCUT2D eigenvalue weighted by Crippen LogP contribution is -2.64. The van der Waals surface area contributed by atoms with Gasteiger partial charge >= 0.3 is 5.97 Å². The molecule has 10 atom stereocenters. The Balaban J connectivity index is 0.00000117. The zero-order valence-electron chi connectivity index (χ0n) is 15.1. The van der Waals surface area contributed by atoms with Crippen LogP contribution in [0.3, 0.4) is 0 Å². The molecule has 0 aromatic rings. The van der Waals surface area contributed by atoms with Crippen LogP contribution in [-0.2, 0) is 19.0 Å². The molecule has 0 unspecified atom stereocenters. The fourth-order valence-corrected chi connectivity index (χ4v) is 2.57. The lowest BCUT2D eigenvalue weighted by molar-refractivity contribution is -0.355. The summed E-state index contributed by atoms with van der Waals surface area (Å²) in [5.41, 5.74) is 4.57. The predicted octanol–water partition coefficient (Wildman–Crippen LogP) is -7.19. The molecular formula is C14H29NO14. The third-order valence-electron chi connectivity index (χ3n) is 4.15. The molecule has 2 fully saturated rings. The first-order valence-electron chi connectivity index (χ1n) is 8.27. The normalized spacial score (nSPS) is 42.2. The Labute approximate surface area is 164 Å². The largest absolute Gasteiger partial charge is 0.480 e. The second-order valence-corrected chi connectivity index (χ2v) is 6.12. The molecule has 2 aliphatic rings. The Morgan fingerprint density at radius 3 is 1.79 bits per heavy atom. The number of carboxylic acids is 1. The molecule has 0 radical (unpaired) electrons. The van der Waals surface area contributed by atoms with Gasteiger partial charge in [-0.2, -0.15) is 0 Å². The monoisotopic (exact) mass is 435 g/mol. The molecule has 29 heavy (non-hydrogen) atoms. The first kappa shape index (κ1) is 27.9. The maximum atomic E-state index is 9.94. The number of carboxylic acid groups (broad SMARTS) is 1. The first-order valence-corrected chi connectivity index (χ1v) is 8.27. The molecule has 0 aliphatic carbocycles. The van der Waals surface area contributed by atoms with Crippen molar-refractivity contribution in [3.8, 4) is 0 Å². The van der Waals surface area contributed by atoms with Gasteiger partial charge in [-0.05, 0) is 0 Å². The molecule has 15 heteroatoms. The summed E-state index contributed by atoms with van der Waals surface area (Å²) < 4.78 is 15.3. The summed E-state index contributed by atoms with van der Waals surface area (Å²) in [5.74, 6) is -0.968. The number of hydrogen-bond donors (Lipinski definition) is 10. The van der Waals surface area contributed by atoms with Crippen molar-refractivity contribution in [2.75, 3.05) is 19.8 Å². The van der Waals surface area contributed by atoms with E-state index in [1.807, 2.05) is 0 Å². The summed E-state index contributed by atoms with van der Waals surface area (Å²) in [5, 5.41) is 84.1. The van der Waals surface area contributed by atoms with Gasteiger partial charge in [-0.15, -0.1) is 0 Å². The van der Waals surface area contributed by atoms with E-state index in [2.05, 4.69) is 5.73 Å². The molecule has 0 aromatic carbocycles. The Morgan fingerprint density at radius 1 is 0.828 bits per heavy atom. The standard InChI is InChI=1S/C12H22O11.C2H5NO2.H2O/c13-1-3-5(15)6(16)9(19)12(22-3)23-10-4(2-14)21-11(20)8(18)7(10)17;3-1-2(4)5;/h3-20H,1-2H2;1,3H2,(H,4,5);1H2/t3-,4-,5+,6+,7-,8-,9-,10-,11-,12+;;/m1../s1. The van der Waals surface area contributed by atoms with Crippen molar-refractivity contribution in [1.29, 1.82) is 0 Å². The zero-order chi connectivity index (χ0) is 21.6. The number of carbonyl (C=O) groups is 1. The second-order valence-electron chi connectivity index (χ2n) is 6.12. The van der Waals surface area contributed by atoms with Crippen LogP contribution in [0.1, 0.15) is 0 Å². The van der Waals surface area contributed by atoms with E-state index in [1.54, 1.807) is 0 Å². The maximum Gasteiger partial charge on any atom is 0.317 e. The molecular weight excluding hydrogens is 406 g/mol. The highest BCUT2D eigenvalue weighted by molar-refractivity contribution is 5.68. The molecule has 0 amide bonds. The van der Waals surface area contributed by atoms with Crippen LogP contribution in [-0.4, -0.2) is 139 Å². The fraction of sp³-hybridized carbons (Fsp3) is 0.929. The van der Waals surface area contributed by atoms with E-state index < -0.39 is 80.6 Å². The van der Waals surface area contributed by atoms with E-state index in [0.717, 1.165) is 0 Å². The summed E-state index contributed by atoms with van der Waals surface area (Å²) in [7, 11) is 0. The summed E-state index contributed by atoms with van der Waals surface area (Å²) in [6.45, 7) is -1.62. The quantitative estimate of drug-likeness (QED) is 0.192. The topological polar surface area (TPSA) is 284 Å². The van der Waals surface area contributed by atoms with E-state index in [1.165, 1.54) is 0 Å². The van der Waals surface area contributed by atoms with Crippen molar-refractivity contribution in [3.05, 3.63) is 0 Å². The summed E-state index contributed by atoms with van der Waals surface area (Å²) in [4.78, 5) is 9.24. The van der Waals surface area contributed by atoms with E-state index in [4.69, 9.17) is 24.4 Å². The van der Waals surface area contributed by atoms with Crippen LogP contribution in [0.2, 0.25) is 0 Å². The lowest BCUT2D eigenvalue weighted by atomic mass is 9.97. The third-order valence-corrected chi connectivity index (χ3v) is 4.15. The number of nitrogens with two attached hydrogens (primary N) is 1. The van der Waals surface area contributed by atoms with Gasteiger partial charge in [0.2, 0.25) is 0 Å². The molecule has 2 aliphatic heterocycles. The van der Waals surface area contributed by atoms with E-state index in [9.17, 15) is 40.5 Å². The number of rotatable bonds is 5. The second kappa shape index (κ2) is 12.6. The summed E-state index contributed by atoms with van der Waals surface area (Å²) >= 11 is 0. The van der Waals surface area contributed by atoms with Crippen LogP contribution in [0.5, 0.6) is 0 Å². The van der Waals surface area contributed by atoms with Crippen molar-refractivity contribution >= 4 is 5.97 Å². The highest BCUT2D eigenvalue weighted by atomic mass is 16.7. The average Bonchev–Trinajstić information content (AvgIpc) is 2.68. The Kier molecular flexibility index (Phi) is 12.1. The van der Waals surface area contributed by atoms with Gasteiger partial charge in [0.1, 0.15) is 48.8 Å². The first-order chi connectivity index (χ1) is 13.1. The van der Waals surface area contributed by atoms with Crippen LogP contribution in [0.15, 0.2) is 0 Å². The van der Waals surface area contributed by atoms with Gasteiger partial charge in [-0.1, -0.05) is 0 Å². The van der Waals surface area contributed by atoms with Crippen LogP contribution in [0, 0.1) is 0 Å². The zero-order valence-corrected chi connectivity index (χ0v) is 15.1. The highest BCUT2D eigenvalue weighted by Crippen LogP contribution is 2.28. The Hall–Kier alpha value is -1.05. The smallest absolute Gasteiger partial charge is 0.317 e. The molecule has 2 saturated heterocycles. The number of aliphatic hydroxyl groups excluding tert-OH is 8. The Bertz CT molecular complexity index is 479. The molecule has 0 aromatic heterocycles. The molecule has 2 heterocycles. The summed E-state index contributed by atoms with van der Waals surface area (Å²) in [6.07, 6.45) is -15.6. The van der Waals surface area contributed by atoms with Crippen LogP contribution >= 0.6 is 0 Å². The minimum Gasteiger partial charge on any atom is -0.480 e. The van der Waals surface area contributed by atoms with E-state index in [0.29, 0.717) is 0 Å². The van der Waals surface area contributed by atoms with Gasteiger partial charge in [-0.25, -0.2) is 0 Å². The molecule has 0 saturated carbocycles. The third kappa shape index (κ3) is 7.00. The molecule has 0 bridgehead atoms. The maximum absolute atomic E-state index is 9.94. The Morgan fingerprint density at radius 2 is 1.34 bits per heavy atom. The van der Waals surface area contributed by atoms with Crippen LogP contribution < -0.4 is 5.73 Å². The van der Waals surface area contributed by atoms with E-state index in [-0.39, 0.29) is 12.0 Å². The average molecular weight is 435 g/mol.